The van der Waals surface area contributed by atoms with Crippen LogP contribution in [0.4, 0.5) is 4.39 Å². The van der Waals surface area contributed by atoms with Crippen LogP contribution in [0.5, 0.6) is 0 Å². The maximum Gasteiger partial charge on any atom is 0.336 e. The van der Waals surface area contributed by atoms with Gasteiger partial charge in [0.1, 0.15) is 6.67 Å². The zero-order valence-electron chi connectivity index (χ0n) is 18.1. The van der Waals surface area contributed by atoms with Crippen molar-refractivity contribution in [3.8, 4) is 11.1 Å². The first-order valence-electron chi connectivity index (χ1n) is 10.8. The fourth-order valence-corrected chi connectivity index (χ4v) is 3.96. The molecule has 0 atom stereocenters. The fraction of sp³-hybridized carbons (Fsp3) is 0.360. The van der Waals surface area contributed by atoms with Gasteiger partial charge in [-0.15, -0.1) is 0 Å². The number of halogens is 1. The van der Waals surface area contributed by atoms with Gasteiger partial charge in [0.25, 0.3) is 0 Å². The predicted molar refractivity (Wildman–Crippen MR) is 120 cm³/mol. The number of aromatic nitrogens is 2. The molecule has 31 heavy (non-hydrogen) atoms. The Bertz CT molecular complexity index is 1100. The molecule has 1 heterocycles. The molecule has 0 radical (unpaired) electrons. The predicted octanol–water partition coefficient (Wildman–Crippen LogP) is 5.29. The second-order valence-corrected chi connectivity index (χ2v) is 7.70. The van der Waals surface area contributed by atoms with Gasteiger partial charge < -0.3 is 5.11 Å². The van der Waals surface area contributed by atoms with Crippen LogP contribution >= 0.6 is 0 Å². The summed E-state index contributed by atoms with van der Waals surface area (Å²) in [5.74, 6) is -0.970. The summed E-state index contributed by atoms with van der Waals surface area (Å²) in [7, 11) is 0. The van der Waals surface area contributed by atoms with E-state index in [2.05, 4.69) is 0 Å². The van der Waals surface area contributed by atoms with E-state index in [4.69, 9.17) is 0 Å². The van der Waals surface area contributed by atoms with Crippen molar-refractivity contribution in [3.63, 3.8) is 0 Å². The number of carbonyl (C=O) groups is 1. The molecule has 2 aromatic carbocycles. The summed E-state index contributed by atoms with van der Waals surface area (Å²) in [6.07, 6.45) is 3.25. The van der Waals surface area contributed by atoms with E-state index >= 15 is 0 Å². The normalized spacial score (nSPS) is 11.1. The van der Waals surface area contributed by atoms with Gasteiger partial charge in [-0.25, -0.2) is 14.0 Å². The zero-order chi connectivity index (χ0) is 22.4. The molecule has 1 N–H and O–H groups in total. The summed E-state index contributed by atoms with van der Waals surface area (Å²) < 4.78 is 17.1. The van der Waals surface area contributed by atoms with Crippen LogP contribution in [0.2, 0.25) is 0 Å². The van der Waals surface area contributed by atoms with Crippen molar-refractivity contribution in [1.29, 1.82) is 0 Å². The molecule has 0 spiro atoms. The molecule has 0 aliphatic heterocycles. The SMILES string of the molecule is CCCCn1c(CF)c(CCC)n(Cc2ccc(-c3ccccc3C(=O)O)cc2)c1=O. The van der Waals surface area contributed by atoms with E-state index in [0.717, 1.165) is 36.1 Å². The monoisotopic (exact) mass is 424 g/mol. The minimum atomic E-state index is -0.970. The molecule has 0 saturated carbocycles. The average molecular weight is 425 g/mol. The Morgan fingerprint density at radius 3 is 2.29 bits per heavy atom. The van der Waals surface area contributed by atoms with Crippen molar-refractivity contribution >= 4 is 5.97 Å². The zero-order valence-corrected chi connectivity index (χ0v) is 18.1. The van der Waals surface area contributed by atoms with Crippen LogP contribution in [0.25, 0.3) is 11.1 Å². The summed E-state index contributed by atoms with van der Waals surface area (Å²) in [6.45, 7) is 4.32. The molecule has 3 aromatic rings. The first-order chi connectivity index (χ1) is 15.0. The molecule has 0 saturated heterocycles. The van der Waals surface area contributed by atoms with Gasteiger partial charge in [-0.3, -0.25) is 9.13 Å². The third kappa shape index (κ3) is 4.79. The summed E-state index contributed by atoms with van der Waals surface area (Å²) in [6, 6.07) is 14.4. The van der Waals surface area contributed by atoms with Gasteiger partial charge in [-0.2, -0.15) is 0 Å². The highest BCUT2D eigenvalue weighted by Crippen LogP contribution is 2.24. The Morgan fingerprint density at radius 1 is 0.968 bits per heavy atom. The van der Waals surface area contributed by atoms with Crippen molar-refractivity contribution in [1.82, 2.24) is 9.13 Å². The first-order valence-corrected chi connectivity index (χ1v) is 10.8. The third-order valence-electron chi connectivity index (χ3n) is 5.56. The Kier molecular flexibility index (Phi) is 7.45. The number of carboxylic acids is 1. The van der Waals surface area contributed by atoms with Crippen LogP contribution in [0.1, 0.15) is 60.4 Å². The molecule has 0 amide bonds. The molecule has 6 heteroatoms. The van der Waals surface area contributed by atoms with Crippen molar-refractivity contribution in [2.24, 2.45) is 0 Å². The van der Waals surface area contributed by atoms with E-state index in [1.807, 2.05) is 44.2 Å². The van der Waals surface area contributed by atoms with E-state index in [-0.39, 0.29) is 11.3 Å². The van der Waals surface area contributed by atoms with Gasteiger partial charge in [0.15, 0.2) is 0 Å². The maximum absolute atomic E-state index is 13.9. The summed E-state index contributed by atoms with van der Waals surface area (Å²) in [5, 5.41) is 9.43. The van der Waals surface area contributed by atoms with Gasteiger partial charge in [-0.1, -0.05) is 69.2 Å². The topological polar surface area (TPSA) is 64.2 Å². The fourth-order valence-electron chi connectivity index (χ4n) is 3.96. The summed E-state index contributed by atoms with van der Waals surface area (Å²) in [4.78, 5) is 24.6. The highest BCUT2D eigenvalue weighted by molar-refractivity contribution is 5.95. The van der Waals surface area contributed by atoms with Crippen molar-refractivity contribution < 1.29 is 14.3 Å². The molecule has 3 rings (SSSR count). The van der Waals surface area contributed by atoms with Gasteiger partial charge in [0.2, 0.25) is 0 Å². The lowest BCUT2D eigenvalue weighted by Gasteiger charge is -2.10. The van der Waals surface area contributed by atoms with Crippen molar-refractivity contribution in [2.75, 3.05) is 0 Å². The number of nitrogens with zero attached hydrogens (tertiary/aromatic N) is 2. The van der Waals surface area contributed by atoms with Crippen LogP contribution in [-0.2, 0) is 26.2 Å². The third-order valence-corrected chi connectivity index (χ3v) is 5.56. The van der Waals surface area contributed by atoms with Gasteiger partial charge in [0, 0.05) is 12.2 Å². The van der Waals surface area contributed by atoms with Crippen LogP contribution in [-0.4, -0.2) is 20.2 Å². The smallest absolute Gasteiger partial charge is 0.336 e. The largest absolute Gasteiger partial charge is 0.478 e. The molecule has 164 valence electrons. The molecular weight excluding hydrogens is 395 g/mol. The second-order valence-electron chi connectivity index (χ2n) is 7.70. The van der Waals surface area contributed by atoms with E-state index in [1.54, 1.807) is 27.3 Å². The van der Waals surface area contributed by atoms with Crippen LogP contribution in [0, 0.1) is 0 Å². The quantitative estimate of drug-likeness (QED) is 0.481. The lowest BCUT2D eigenvalue weighted by molar-refractivity contribution is 0.0697. The molecule has 0 fully saturated rings. The van der Waals surface area contributed by atoms with Crippen molar-refractivity contribution in [2.45, 2.75) is 59.3 Å². The molecule has 0 unspecified atom stereocenters. The Hall–Kier alpha value is -3.15. The number of hydrogen-bond acceptors (Lipinski definition) is 2. The van der Waals surface area contributed by atoms with Crippen LogP contribution in [0.3, 0.4) is 0 Å². The Labute approximate surface area is 181 Å². The number of rotatable bonds is 10. The first kappa shape index (κ1) is 22.5. The molecule has 1 aromatic heterocycles. The number of unbranched alkanes of at least 4 members (excludes halogenated alkanes) is 1. The average Bonchev–Trinajstić information content (AvgIpc) is 3.03. The van der Waals surface area contributed by atoms with Gasteiger partial charge in [0.05, 0.1) is 17.8 Å². The highest BCUT2D eigenvalue weighted by Gasteiger charge is 2.19. The number of benzene rings is 2. The van der Waals surface area contributed by atoms with E-state index in [9.17, 15) is 19.1 Å². The molecule has 0 aliphatic rings. The minimum Gasteiger partial charge on any atom is -0.478 e. The van der Waals surface area contributed by atoms with Gasteiger partial charge >= 0.3 is 11.7 Å². The minimum absolute atomic E-state index is 0.162. The van der Waals surface area contributed by atoms with E-state index in [1.165, 1.54) is 0 Å². The molecule has 0 bridgehead atoms. The number of hydrogen-bond donors (Lipinski definition) is 1. The summed E-state index contributed by atoms with van der Waals surface area (Å²) in [5.41, 5.74) is 3.71. The molecule has 0 aliphatic carbocycles. The number of alkyl halides is 1. The molecule has 5 nitrogen and oxygen atoms in total. The Morgan fingerprint density at radius 2 is 1.68 bits per heavy atom. The number of aromatic carboxylic acids is 1. The standard InChI is InChI=1S/C25H29FN2O3/c1-3-5-15-27-23(16-26)22(8-4-2)28(25(27)31)17-18-11-13-19(14-12-18)20-9-6-7-10-21(20)24(29)30/h6-7,9-14H,3-5,8,15-17H2,1-2H3,(H,29,30). The Balaban J connectivity index is 1.95. The van der Waals surface area contributed by atoms with Crippen molar-refractivity contribution in [3.05, 3.63) is 81.5 Å². The summed E-state index contributed by atoms with van der Waals surface area (Å²) >= 11 is 0. The second kappa shape index (κ2) is 10.2. The highest BCUT2D eigenvalue weighted by atomic mass is 19.1. The number of carboxylic acid groups (broad SMARTS) is 1. The number of imidazole rings is 1. The lowest BCUT2D eigenvalue weighted by Crippen LogP contribution is -2.26. The lowest BCUT2D eigenvalue weighted by atomic mass is 9.99. The van der Waals surface area contributed by atoms with Gasteiger partial charge in [-0.05, 0) is 35.6 Å². The van der Waals surface area contributed by atoms with Crippen LogP contribution in [0.15, 0.2) is 53.3 Å². The van der Waals surface area contributed by atoms with E-state index in [0.29, 0.717) is 30.8 Å². The maximum atomic E-state index is 13.9. The van der Waals surface area contributed by atoms with Crippen LogP contribution < -0.4 is 5.69 Å². The molecular formula is C25H29FN2O3. The van der Waals surface area contributed by atoms with E-state index < -0.39 is 12.6 Å².